The second-order valence-electron chi connectivity index (χ2n) is 7.98. The van der Waals surface area contributed by atoms with Gasteiger partial charge in [-0.15, -0.1) is 11.3 Å². The molecule has 180 valence electrons. The summed E-state index contributed by atoms with van der Waals surface area (Å²) in [5, 5.41) is 11.8. The fourth-order valence-electron chi connectivity index (χ4n) is 3.75. The van der Waals surface area contributed by atoms with Crippen LogP contribution in [0.2, 0.25) is 0 Å². The molecule has 0 aliphatic heterocycles. The molecule has 0 atom stereocenters. The average molecular weight is 509 g/mol. The zero-order valence-electron chi connectivity index (χ0n) is 19.6. The van der Waals surface area contributed by atoms with E-state index in [9.17, 15) is 9.18 Å². The Balaban J connectivity index is 1.51. The molecule has 0 saturated carbocycles. The molecule has 2 aromatic heterocycles. The van der Waals surface area contributed by atoms with Crippen LogP contribution in [0.15, 0.2) is 60.7 Å². The number of halogens is 1. The largest absolute Gasteiger partial charge is 0.465 e. The fourth-order valence-corrected chi connectivity index (χ4v) is 5.10. The third kappa shape index (κ3) is 5.75. The number of ether oxygens (including phenoxy) is 1. The standard InChI is InChI=1S/C26H25FN4O2S2/c1-16-23(17(2)31(30-16)15-19-11-7-8-12-22(19)27)28-26(34)29-24-21(25(32)33-3)14-20(35-24)13-18-9-5-4-6-10-18/h4-12,14H,13,15H2,1-3H3,(H2,28,29,34). The van der Waals surface area contributed by atoms with Crippen LogP contribution in [0.5, 0.6) is 0 Å². The topological polar surface area (TPSA) is 68.2 Å². The van der Waals surface area contributed by atoms with Crippen LogP contribution in [0, 0.1) is 19.7 Å². The fraction of sp³-hybridized carbons (Fsp3) is 0.192. The molecule has 2 heterocycles. The van der Waals surface area contributed by atoms with Crippen LogP contribution in [0.3, 0.4) is 0 Å². The van der Waals surface area contributed by atoms with Crippen molar-refractivity contribution in [1.82, 2.24) is 9.78 Å². The van der Waals surface area contributed by atoms with Gasteiger partial charge in [0.15, 0.2) is 5.11 Å². The SMILES string of the molecule is COC(=O)c1cc(Cc2ccccc2)sc1NC(=S)Nc1c(C)nn(Cc2ccccc2F)c1C. The first-order valence-electron chi connectivity index (χ1n) is 11.0. The van der Waals surface area contributed by atoms with Crippen molar-refractivity contribution in [2.75, 3.05) is 17.7 Å². The van der Waals surface area contributed by atoms with Gasteiger partial charge in [0.2, 0.25) is 0 Å². The third-order valence-electron chi connectivity index (χ3n) is 5.53. The molecule has 0 bridgehead atoms. The summed E-state index contributed by atoms with van der Waals surface area (Å²) in [6, 6.07) is 18.5. The first-order chi connectivity index (χ1) is 16.9. The van der Waals surface area contributed by atoms with E-state index in [1.54, 1.807) is 22.9 Å². The van der Waals surface area contributed by atoms with Gasteiger partial charge in [0.05, 0.1) is 36.3 Å². The van der Waals surface area contributed by atoms with Crippen LogP contribution in [0.4, 0.5) is 15.1 Å². The summed E-state index contributed by atoms with van der Waals surface area (Å²) >= 11 is 7.01. The highest BCUT2D eigenvalue weighted by Gasteiger charge is 2.19. The average Bonchev–Trinajstić information content (AvgIpc) is 3.35. The number of hydrogen-bond acceptors (Lipinski definition) is 5. The van der Waals surface area contributed by atoms with Crippen molar-refractivity contribution in [3.63, 3.8) is 0 Å². The van der Waals surface area contributed by atoms with Crippen LogP contribution in [0.25, 0.3) is 0 Å². The molecular weight excluding hydrogens is 483 g/mol. The number of hydrogen-bond donors (Lipinski definition) is 2. The number of aromatic nitrogens is 2. The number of benzene rings is 2. The quantitative estimate of drug-likeness (QED) is 0.238. The number of nitrogens with zero attached hydrogens (tertiary/aromatic N) is 2. The van der Waals surface area contributed by atoms with Crippen LogP contribution in [-0.2, 0) is 17.7 Å². The first-order valence-corrected chi connectivity index (χ1v) is 12.2. The number of anilines is 2. The highest BCUT2D eigenvalue weighted by atomic mass is 32.1. The molecular formula is C26H25FN4O2S2. The predicted molar refractivity (Wildman–Crippen MR) is 142 cm³/mol. The molecule has 0 fully saturated rings. The number of thiocarbonyl (C=S) groups is 1. The van der Waals surface area contributed by atoms with Gasteiger partial charge >= 0.3 is 5.97 Å². The van der Waals surface area contributed by atoms with Crippen LogP contribution < -0.4 is 10.6 Å². The van der Waals surface area contributed by atoms with Crippen molar-refractivity contribution in [2.24, 2.45) is 0 Å². The summed E-state index contributed by atoms with van der Waals surface area (Å²) in [6.45, 7) is 4.06. The van der Waals surface area contributed by atoms with Crippen molar-refractivity contribution in [2.45, 2.75) is 26.8 Å². The smallest absolute Gasteiger partial charge is 0.340 e. The zero-order chi connectivity index (χ0) is 24.9. The van der Waals surface area contributed by atoms with Crippen LogP contribution >= 0.6 is 23.6 Å². The van der Waals surface area contributed by atoms with Gasteiger partial charge in [-0.05, 0) is 43.8 Å². The third-order valence-corrected chi connectivity index (χ3v) is 6.79. The van der Waals surface area contributed by atoms with Crippen LogP contribution in [-0.4, -0.2) is 28.0 Å². The highest BCUT2D eigenvalue weighted by Crippen LogP contribution is 2.31. The lowest BCUT2D eigenvalue weighted by Gasteiger charge is -2.11. The Morgan fingerprint density at radius 2 is 1.83 bits per heavy atom. The van der Waals surface area contributed by atoms with E-state index in [-0.39, 0.29) is 5.82 Å². The second-order valence-corrected chi connectivity index (χ2v) is 9.53. The Morgan fingerprint density at radius 1 is 1.11 bits per heavy atom. The molecule has 0 unspecified atom stereocenters. The lowest BCUT2D eigenvalue weighted by atomic mass is 10.1. The van der Waals surface area contributed by atoms with E-state index < -0.39 is 5.97 Å². The maximum atomic E-state index is 14.1. The number of esters is 1. The van der Waals surface area contributed by atoms with Crippen LogP contribution in [0.1, 0.15) is 37.7 Å². The van der Waals surface area contributed by atoms with Gasteiger partial charge in [0, 0.05) is 16.9 Å². The number of rotatable bonds is 7. The number of aryl methyl sites for hydroxylation is 1. The molecule has 2 aromatic carbocycles. The summed E-state index contributed by atoms with van der Waals surface area (Å²) in [6.07, 6.45) is 0.693. The molecule has 9 heteroatoms. The molecule has 4 rings (SSSR count). The molecule has 35 heavy (non-hydrogen) atoms. The van der Waals surface area contributed by atoms with Crippen molar-refractivity contribution in [1.29, 1.82) is 0 Å². The van der Waals surface area contributed by atoms with E-state index in [0.29, 0.717) is 34.2 Å². The second kappa shape index (κ2) is 10.8. The lowest BCUT2D eigenvalue weighted by Crippen LogP contribution is -2.20. The predicted octanol–water partition coefficient (Wildman–Crippen LogP) is 5.94. The van der Waals surface area contributed by atoms with Gasteiger partial charge in [-0.25, -0.2) is 9.18 Å². The van der Waals surface area contributed by atoms with E-state index in [4.69, 9.17) is 17.0 Å². The van der Waals surface area contributed by atoms with Gasteiger partial charge in [-0.1, -0.05) is 48.5 Å². The maximum Gasteiger partial charge on any atom is 0.340 e. The van der Waals surface area contributed by atoms with E-state index in [1.165, 1.54) is 24.5 Å². The summed E-state index contributed by atoms with van der Waals surface area (Å²) in [4.78, 5) is 13.4. The minimum absolute atomic E-state index is 0.272. The normalized spacial score (nSPS) is 10.7. The van der Waals surface area contributed by atoms with E-state index >= 15 is 0 Å². The first kappa shape index (κ1) is 24.6. The number of carbonyl (C=O) groups excluding carboxylic acids is 1. The molecule has 0 spiro atoms. The molecule has 0 aliphatic carbocycles. The minimum atomic E-state index is -0.434. The minimum Gasteiger partial charge on any atom is -0.465 e. The Morgan fingerprint density at radius 3 is 2.54 bits per heavy atom. The van der Waals surface area contributed by atoms with E-state index in [2.05, 4.69) is 15.7 Å². The molecule has 0 amide bonds. The Kier molecular flexibility index (Phi) is 7.57. The summed E-state index contributed by atoms with van der Waals surface area (Å²) in [7, 11) is 1.36. The number of nitrogens with one attached hydrogen (secondary N) is 2. The highest BCUT2D eigenvalue weighted by molar-refractivity contribution is 7.80. The van der Waals surface area contributed by atoms with Gasteiger partial charge in [-0.3, -0.25) is 4.68 Å². The van der Waals surface area contributed by atoms with E-state index in [1.807, 2.05) is 50.2 Å². The number of methoxy groups -OCH3 is 1. The Labute approximate surface area is 212 Å². The van der Waals surface area contributed by atoms with Gasteiger partial charge in [0.25, 0.3) is 0 Å². The Hall–Kier alpha value is -3.56. The molecule has 0 aliphatic rings. The van der Waals surface area contributed by atoms with Crippen molar-refractivity contribution in [3.8, 4) is 0 Å². The molecule has 6 nitrogen and oxygen atoms in total. The summed E-state index contributed by atoms with van der Waals surface area (Å²) < 4.78 is 20.8. The van der Waals surface area contributed by atoms with E-state index in [0.717, 1.165) is 27.5 Å². The molecule has 0 radical (unpaired) electrons. The number of thiophene rings is 1. The zero-order valence-corrected chi connectivity index (χ0v) is 21.2. The lowest BCUT2D eigenvalue weighted by molar-refractivity contribution is 0.0602. The van der Waals surface area contributed by atoms with Gasteiger partial charge in [0.1, 0.15) is 10.8 Å². The molecule has 2 N–H and O–H groups in total. The maximum absolute atomic E-state index is 14.1. The van der Waals surface area contributed by atoms with Crippen molar-refractivity contribution >= 4 is 45.3 Å². The van der Waals surface area contributed by atoms with Crippen molar-refractivity contribution < 1.29 is 13.9 Å². The molecule has 4 aromatic rings. The Bertz CT molecular complexity index is 1370. The number of carbonyl (C=O) groups is 1. The summed E-state index contributed by atoms with van der Waals surface area (Å²) in [5.41, 5.74) is 4.41. The van der Waals surface area contributed by atoms with Crippen molar-refractivity contribution in [3.05, 3.63) is 99.4 Å². The monoisotopic (exact) mass is 508 g/mol. The molecule has 0 saturated heterocycles. The summed E-state index contributed by atoms with van der Waals surface area (Å²) in [5.74, 6) is -0.706. The van der Waals surface area contributed by atoms with Gasteiger partial charge in [-0.2, -0.15) is 5.10 Å². The van der Waals surface area contributed by atoms with Gasteiger partial charge < -0.3 is 15.4 Å².